The van der Waals surface area contributed by atoms with E-state index in [9.17, 15) is 0 Å². The van der Waals surface area contributed by atoms with Gasteiger partial charge in [0, 0.05) is 11.1 Å². The number of hydrogen-bond donors (Lipinski definition) is 0. The third kappa shape index (κ3) is 1.76. The topological polar surface area (TPSA) is 36.9 Å². The van der Waals surface area contributed by atoms with Crippen molar-refractivity contribution in [3.05, 3.63) is 60.4 Å². The van der Waals surface area contributed by atoms with Gasteiger partial charge in [0.1, 0.15) is 11.5 Å². The molecule has 1 aromatic rings. The van der Waals surface area contributed by atoms with Crippen molar-refractivity contribution in [2.75, 3.05) is 0 Å². The van der Waals surface area contributed by atoms with Crippen LogP contribution in [0.3, 0.4) is 0 Å². The van der Waals surface area contributed by atoms with Crippen LogP contribution in [-0.2, 0) is 6.42 Å². The molecule has 0 fully saturated rings. The smallest absolute Gasteiger partial charge is 0.134 e. The summed E-state index contributed by atoms with van der Waals surface area (Å²) in [7, 11) is 0. The van der Waals surface area contributed by atoms with Gasteiger partial charge in [-0.1, -0.05) is 42.5 Å². The van der Waals surface area contributed by atoms with E-state index in [2.05, 4.69) is 12.1 Å². The number of fused-ring (bicyclic) bond motifs is 1. The Bertz CT molecular complexity index is 676. The average Bonchev–Trinajstić information content (AvgIpc) is 2.86. The molecule has 0 atom stereocenters. The predicted molar refractivity (Wildman–Crippen MR) is 70.1 cm³/mol. The Labute approximate surface area is 105 Å². The van der Waals surface area contributed by atoms with Gasteiger partial charge in [-0.05, 0) is 17.7 Å². The Hall–Kier alpha value is -2.53. The van der Waals surface area contributed by atoms with Crippen LogP contribution in [0.4, 0.5) is 0 Å². The molecule has 0 amide bonds. The van der Waals surface area contributed by atoms with E-state index in [-0.39, 0.29) is 6.42 Å². The second-order valence-corrected chi connectivity index (χ2v) is 4.13. The Balaban J connectivity index is 2.24. The zero-order valence-electron chi connectivity index (χ0n) is 9.76. The van der Waals surface area contributed by atoms with E-state index in [0.29, 0.717) is 0 Å². The molecule has 0 radical (unpaired) electrons. The quantitative estimate of drug-likeness (QED) is 0.667. The van der Waals surface area contributed by atoms with Crippen LogP contribution in [0.1, 0.15) is 5.76 Å². The molecule has 1 aromatic carbocycles. The molecule has 1 aliphatic carbocycles. The summed E-state index contributed by atoms with van der Waals surface area (Å²) in [5, 5.41) is 8.90. The molecular weight excluding hydrogens is 222 g/mol. The molecule has 0 bridgehead atoms. The standard InChI is InChI=1S/C16H11NO/c17-10-9-16-14(12-5-2-1-3-6-12)11-13-7-4-8-15(13)18-16/h1-8,11H,9H2. The Morgan fingerprint density at radius 1 is 0.944 bits per heavy atom. The molecule has 0 unspecified atom stereocenters. The van der Waals surface area contributed by atoms with Gasteiger partial charge in [0.05, 0.1) is 12.5 Å². The maximum Gasteiger partial charge on any atom is 0.134 e. The van der Waals surface area contributed by atoms with Crippen LogP contribution in [0.25, 0.3) is 22.5 Å². The van der Waals surface area contributed by atoms with Gasteiger partial charge in [-0.15, -0.1) is 0 Å². The lowest BCUT2D eigenvalue weighted by Crippen LogP contribution is -1.90. The molecule has 86 valence electrons. The van der Waals surface area contributed by atoms with Gasteiger partial charge < -0.3 is 4.42 Å². The highest BCUT2D eigenvalue weighted by atomic mass is 16.3. The van der Waals surface area contributed by atoms with Crippen molar-refractivity contribution in [1.29, 1.82) is 5.26 Å². The predicted octanol–water partition coefficient (Wildman–Crippen LogP) is 4.12. The first-order valence-corrected chi connectivity index (χ1v) is 5.82. The molecule has 1 aliphatic heterocycles. The molecule has 0 N–H and O–H groups in total. The maximum absolute atomic E-state index is 8.90. The minimum atomic E-state index is 0.283. The van der Waals surface area contributed by atoms with Crippen LogP contribution in [-0.4, -0.2) is 0 Å². The monoisotopic (exact) mass is 233 g/mol. The van der Waals surface area contributed by atoms with Gasteiger partial charge in [-0.2, -0.15) is 5.26 Å². The van der Waals surface area contributed by atoms with Gasteiger partial charge in [0.15, 0.2) is 0 Å². The Morgan fingerprint density at radius 3 is 2.50 bits per heavy atom. The van der Waals surface area contributed by atoms with Crippen LogP contribution in [0.15, 0.2) is 59.0 Å². The summed E-state index contributed by atoms with van der Waals surface area (Å²) in [6, 6.07) is 20.1. The Kier molecular flexibility index (Phi) is 2.59. The van der Waals surface area contributed by atoms with Crippen molar-refractivity contribution in [3.8, 4) is 28.5 Å². The van der Waals surface area contributed by atoms with Crippen molar-refractivity contribution in [2.45, 2.75) is 6.42 Å². The molecule has 1 heterocycles. The zero-order chi connectivity index (χ0) is 12.4. The fourth-order valence-corrected chi connectivity index (χ4v) is 2.12. The number of nitriles is 1. The molecule has 0 aromatic heterocycles. The lowest BCUT2D eigenvalue weighted by atomic mass is 10.0. The molecule has 2 aliphatic rings. The number of hydrogen-bond acceptors (Lipinski definition) is 2. The molecule has 0 spiro atoms. The van der Waals surface area contributed by atoms with Gasteiger partial charge in [-0.3, -0.25) is 0 Å². The van der Waals surface area contributed by atoms with E-state index in [0.717, 1.165) is 28.2 Å². The first kappa shape index (κ1) is 10.6. The van der Waals surface area contributed by atoms with Crippen molar-refractivity contribution >= 4 is 0 Å². The van der Waals surface area contributed by atoms with Crippen LogP contribution >= 0.6 is 0 Å². The first-order valence-electron chi connectivity index (χ1n) is 5.82. The van der Waals surface area contributed by atoms with Crippen molar-refractivity contribution < 1.29 is 4.42 Å². The fraction of sp³-hybridized carbons (Fsp3) is 0.0625. The normalized spacial score (nSPS) is 10.4. The van der Waals surface area contributed by atoms with E-state index in [1.165, 1.54) is 0 Å². The molecule has 3 rings (SSSR count). The van der Waals surface area contributed by atoms with Gasteiger partial charge in [0.2, 0.25) is 0 Å². The zero-order valence-corrected chi connectivity index (χ0v) is 9.76. The lowest BCUT2D eigenvalue weighted by molar-refractivity contribution is 0.524. The maximum atomic E-state index is 8.90. The molecule has 0 saturated heterocycles. The molecule has 2 heteroatoms. The Morgan fingerprint density at radius 2 is 1.72 bits per heavy atom. The second-order valence-electron chi connectivity index (χ2n) is 4.13. The van der Waals surface area contributed by atoms with E-state index in [1.54, 1.807) is 0 Å². The van der Waals surface area contributed by atoms with Crippen molar-refractivity contribution in [1.82, 2.24) is 0 Å². The summed E-state index contributed by atoms with van der Waals surface area (Å²) < 4.78 is 5.81. The third-order valence-electron chi connectivity index (χ3n) is 2.97. The SMILES string of the molecule is N#CCc1oc2cccc-2cc1-c1ccccc1. The first-order chi connectivity index (χ1) is 8.88. The van der Waals surface area contributed by atoms with E-state index in [1.807, 2.05) is 48.5 Å². The molecular formula is C16H11NO. The lowest BCUT2D eigenvalue weighted by Gasteiger charge is -2.09. The summed E-state index contributed by atoms with van der Waals surface area (Å²) >= 11 is 0. The molecule has 18 heavy (non-hydrogen) atoms. The van der Waals surface area contributed by atoms with Gasteiger partial charge >= 0.3 is 0 Å². The molecule has 0 saturated carbocycles. The minimum absolute atomic E-state index is 0.283. The summed E-state index contributed by atoms with van der Waals surface area (Å²) in [5.41, 5.74) is 3.14. The number of rotatable bonds is 2. The fourth-order valence-electron chi connectivity index (χ4n) is 2.12. The van der Waals surface area contributed by atoms with Gasteiger partial charge in [0.25, 0.3) is 0 Å². The summed E-state index contributed by atoms with van der Waals surface area (Å²) in [6.07, 6.45) is 0.283. The summed E-state index contributed by atoms with van der Waals surface area (Å²) in [6.45, 7) is 0. The van der Waals surface area contributed by atoms with Crippen LogP contribution in [0.5, 0.6) is 0 Å². The van der Waals surface area contributed by atoms with Crippen LogP contribution < -0.4 is 0 Å². The largest absolute Gasteiger partial charge is 0.459 e. The van der Waals surface area contributed by atoms with E-state index < -0.39 is 0 Å². The minimum Gasteiger partial charge on any atom is -0.459 e. The highest BCUT2D eigenvalue weighted by Gasteiger charge is 2.13. The van der Waals surface area contributed by atoms with E-state index in [4.69, 9.17) is 9.68 Å². The highest BCUT2D eigenvalue weighted by Crippen LogP contribution is 2.33. The van der Waals surface area contributed by atoms with Crippen LogP contribution in [0.2, 0.25) is 0 Å². The van der Waals surface area contributed by atoms with Crippen molar-refractivity contribution in [2.24, 2.45) is 0 Å². The average molecular weight is 233 g/mol. The van der Waals surface area contributed by atoms with Gasteiger partial charge in [-0.25, -0.2) is 0 Å². The summed E-state index contributed by atoms with van der Waals surface area (Å²) in [5.74, 6) is 1.56. The number of nitrogens with zero attached hydrogens (tertiary/aromatic N) is 1. The molecule has 2 nitrogen and oxygen atoms in total. The highest BCUT2D eigenvalue weighted by molar-refractivity contribution is 5.73. The van der Waals surface area contributed by atoms with Crippen LogP contribution in [0, 0.1) is 11.3 Å². The van der Waals surface area contributed by atoms with E-state index >= 15 is 0 Å². The third-order valence-corrected chi connectivity index (χ3v) is 2.97. The number of benzene rings is 1. The summed E-state index contributed by atoms with van der Waals surface area (Å²) in [4.78, 5) is 0. The van der Waals surface area contributed by atoms with Crippen molar-refractivity contribution in [3.63, 3.8) is 0 Å². The second kappa shape index (κ2) is 4.38.